The van der Waals surface area contributed by atoms with Crippen molar-refractivity contribution in [3.8, 4) is 0 Å². The smallest absolute Gasteiger partial charge is 0.239 e. The quantitative estimate of drug-likeness (QED) is 0.724. The fraction of sp³-hybridized carbons (Fsp3) is 0.667. The summed E-state index contributed by atoms with van der Waals surface area (Å²) in [6.45, 7) is 6.42. The molecule has 0 spiro atoms. The van der Waals surface area contributed by atoms with Crippen molar-refractivity contribution in [2.75, 3.05) is 26.2 Å². The van der Waals surface area contributed by atoms with Crippen molar-refractivity contribution in [3.63, 3.8) is 0 Å². The number of carbonyl (C=O) groups excluding carboxylic acids is 2. The van der Waals surface area contributed by atoms with E-state index in [4.69, 9.17) is 4.42 Å². The monoisotopic (exact) mass is 335 g/mol. The molecule has 0 aliphatic heterocycles. The van der Waals surface area contributed by atoms with Crippen LogP contribution in [0.15, 0.2) is 22.8 Å². The number of amides is 2. The first kappa shape index (κ1) is 18.5. The zero-order chi connectivity index (χ0) is 17.4. The van der Waals surface area contributed by atoms with E-state index in [0.717, 1.165) is 44.5 Å². The number of nitrogens with one attached hydrogen (secondary N) is 2. The second-order valence-electron chi connectivity index (χ2n) is 6.26. The minimum Gasteiger partial charge on any atom is -0.468 e. The van der Waals surface area contributed by atoms with Gasteiger partial charge in [0.05, 0.1) is 18.8 Å². The van der Waals surface area contributed by atoms with Crippen LogP contribution in [0, 0.1) is 5.92 Å². The zero-order valence-electron chi connectivity index (χ0n) is 14.7. The number of rotatable bonds is 9. The van der Waals surface area contributed by atoms with Gasteiger partial charge in [-0.1, -0.05) is 26.7 Å². The molecule has 1 aliphatic carbocycles. The highest BCUT2D eigenvalue weighted by Gasteiger charge is 2.24. The van der Waals surface area contributed by atoms with Gasteiger partial charge >= 0.3 is 0 Å². The molecule has 1 aliphatic rings. The Morgan fingerprint density at radius 1 is 1.25 bits per heavy atom. The molecule has 1 atom stereocenters. The van der Waals surface area contributed by atoms with Gasteiger partial charge in [-0.3, -0.25) is 14.5 Å². The number of hydrogen-bond acceptors (Lipinski definition) is 4. The van der Waals surface area contributed by atoms with E-state index in [-0.39, 0.29) is 30.3 Å². The summed E-state index contributed by atoms with van der Waals surface area (Å²) in [5.41, 5.74) is 0. The van der Waals surface area contributed by atoms with Crippen LogP contribution in [-0.4, -0.2) is 42.9 Å². The van der Waals surface area contributed by atoms with Crippen LogP contribution in [0.4, 0.5) is 0 Å². The summed E-state index contributed by atoms with van der Waals surface area (Å²) in [5, 5.41) is 5.66. The number of hydrogen-bond donors (Lipinski definition) is 2. The van der Waals surface area contributed by atoms with Gasteiger partial charge in [0.1, 0.15) is 5.76 Å². The van der Waals surface area contributed by atoms with Crippen LogP contribution >= 0.6 is 0 Å². The predicted octanol–water partition coefficient (Wildman–Crippen LogP) is 2.09. The lowest BCUT2D eigenvalue weighted by molar-refractivity contribution is -0.128. The Kier molecular flexibility index (Phi) is 7.31. The summed E-state index contributed by atoms with van der Waals surface area (Å²) in [4.78, 5) is 26.3. The minimum atomic E-state index is -0.162. The molecule has 0 saturated heterocycles. The molecule has 1 saturated carbocycles. The zero-order valence-corrected chi connectivity index (χ0v) is 14.7. The van der Waals surface area contributed by atoms with Crippen molar-refractivity contribution in [3.05, 3.63) is 24.2 Å². The molecule has 1 aromatic rings. The number of nitrogens with zero attached hydrogens (tertiary/aromatic N) is 1. The molecule has 6 heteroatoms. The maximum Gasteiger partial charge on any atom is 0.239 e. The molecule has 0 aromatic carbocycles. The van der Waals surface area contributed by atoms with Crippen LogP contribution < -0.4 is 10.6 Å². The van der Waals surface area contributed by atoms with E-state index >= 15 is 0 Å². The SMILES string of the molecule is CCN(CC)[C@H](CNC(=O)CNC(=O)C1CCCC1)c1ccco1. The van der Waals surface area contributed by atoms with Crippen LogP contribution in [0.5, 0.6) is 0 Å². The van der Waals surface area contributed by atoms with E-state index in [1.807, 2.05) is 12.1 Å². The predicted molar refractivity (Wildman–Crippen MR) is 92.3 cm³/mol. The molecule has 1 fully saturated rings. The Morgan fingerprint density at radius 3 is 2.54 bits per heavy atom. The maximum atomic E-state index is 12.1. The lowest BCUT2D eigenvalue weighted by atomic mass is 10.1. The summed E-state index contributed by atoms with van der Waals surface area (Å²) in [7, 11) is 0. The molecule has 0 unspecified atom stereocenters. The number of likely N-dealkylation sites (N-methyl/N-ethyl adjacent to an activating group) is 1. The Morgan fingerprint density at radius 2 is 1.96 bits per heavy atom. The van der Waals surface area contributed by atoms with E-state index in [0.29, 0.717) is 6.54 Å². The van der Waals surface area contributed by atoms with Crippen molar-refractivity contribution in [1.29, 1.82) is 0 Å². The van der Waals surface area contributed by atoms with Crippen molar-refractivity contribution in [1.82, 2.24) is 15.5 Å². The van der Waals surface area contributed by atoms with E-state index < -0.39 is 0 Å². The van der Waals surface area contributed by atoms with Gasteiger partial charge in [-0.15, -0.1) is 0 Å². The summed E-state index contributed by atoms with van der Waals surface area (Å²) >= 11 is 0. The molecule has 0 radical (unpaired) electrons. The summed E-state index contributed by atoms with van der Waals surface area (Å²) in [6, 6.07) is 3.79. The third kappa shape index (κ3) is 5.09. The Balaban J connectivity index is 1.80. The van der Waals surface area contributed by atoms with Crippen molar-refractivity contribution >= 4 is 11.8 Å². The summed E-state index contributed by atoms with van der Waals surface area (Å²) < 4.78 is 5.52. The Labute approximate surface area is 144 Å². The van der Waals surface area contributed by atoms with E-state index in [1.165, 1.54) is 0 Å². The molecular formula is C18H29N3O3. The molecule has 1 heterocycles. The lowest BCUT2D eigenvalue weighted by Crippen LogP contribution is -2.43. The Bertz CT molecular complexity index is 506. The highest BCUT2D eigenvalue weighted by molar-refractivity contribution is 5.85. The summed E-state index contributed by atoms with van der Waals surface area (Å²) in [6.07, 6.45) is 5.75. The Hall–Kier alpha value is -1.82. The molecule has 24 heavy (non-hydrogen) atoms. The molecule has 134 valence electrons. The highest BCUT2D eigenvalue weighted by atomic mass is 16.3. The van der Waals surface area contributed by atoms with Gasteiger partial charge in [0.15, 0.2) is 0 Å². The van der Waals surface area contributed by atoms with Crippen LogP contribution in [0.3, 0.4) is 0 Å². The molecule has 0 bridgehead atoms. The first-order valence-electron chi connectivity index (χ1n) is 8.97. The summed E-state index contributed by atoms with van der Waals surface area (Å²) in [5.74, 6) is 0.775. The number of furan rings is 1. The maximum absolute atomic E-state index is 12.1. The largest absolute Gasteiger partial charge is 0.468 e. The van der Waals surface area contributed by atoms with Crippen LogP contribution in [-0.2, 0) is 9.59 Å². The van der Waals surface area contributed by atoms with Crippen LogP contribution in [0.1, 0.15) is 51.3 Å². The van der Waals surface area contributed by atoms with E-state index in [2.05, 4.69) is 29.4 Å². The topological polar surface area (TPSA) is 74.6 Å². The molecule has 1 aromatic heterocycles. The van der Waals surface area contributed by atoms with E-state index in [1.54, 1.807) is 6.26 Å². The third-order valence-corrected chi connectivity index (χ3v) is 4.77. The van der Waals surface area contributed by atoms with Gasteiger partial charge in [-0.25, -0.2) is 0 Å². The first-order valence-corrected chi connectivity index (χ1v) is 8.97. The van der Waals surface area contributed by atoms with Crippen LogP contribution in [0.25, 0.3) is 0 Å². The molecular weight excluding hydrogens is 306 g/mol. The third-order valence-electron chi connectivity index (χ3n) is 4.77. The second-order valence-corrected chi connectivity index (χ2v) is 6.26. The molecule has 2 rings (SSSR count). The second kappa shape index (κ2) is 9.47. The van der Waals surface area contributed by atoms with Crippen molar-refractivity contribution in [2.24, 2.45) is 5.92 Å². The van der Waals surface area contributed by atoms with Gasteiger partial charge in [0.25, 0.3) is 0 Å². The van der Waals surface area contributed by atoms with Crippen molar-refractivity contribution < 1.29 is 14.0 Å². The minimum absolute atomic E-state index is 0.00415. The normalized spacial score (nSPS) is 16.3. The standard InChI is InChI=1S/C18H29N3O3/c1-3-21(4-2)15(16-10-7-11-24-16)12-19-17(22)13-20-18(23)14-8-5-6-9-14/h7,10-11,14-15H,3-6,8-9,12-13H2,1-2H3,(H,19,22)(H,20,23)/t15-/m1/s1. The molecule has 2 N–H and O–H groups in total. The van der Waals surface area contributed by atoms with Gasteiger partial charge in [0.2, 0.25) is 11.8 Å². The van der Waals surface area contributed by atoms with Gasteiger partial charge in [0, 0.05) is 12.5 Å². The van der Waals surface area contributed by atoms with Gasteiger partial charge in [-0.2, -0.15) is 0 Å². The number of carbonyl (C=O) groups is 2. The first-order chi connectivity index (χ1) is 11.7. The van der Waals surface area contributed by atoms with Gasteiger partial charge < -0.3 is 15.1 Å². The average Bonchev–Trinajstić information content (AvgIpc) is 3.29. The lowest BCUT2D eigenvalue weighted by Gasteiger charge is -2.28. The van der Waals surface area contributed by atoms with E-state index in [9.17, 15) is 9.59 Å². The molecule has 2 amide bonds. The fourth-order valence-electron chi connectivity index (χ4n) is 3.33. The van der Waals surface area contributed by atoms with Crippen LogP contribution in [0.2, 0.25) is 0 Å². The van der Waals surface area contributed by atoms with Gasteiger partial charge in [-0.05, 0) is 38.1 Å². The van der Waals surface area contributed by atoms with Crippen molar-refractivity contribution in [2.45, 2.75) is 45.6 Å². The molecule has 6 nitrogen and oxygen atoms in total. The fourth-order valence-corrected chi connectivity index (χ4v) is 3.33. The average molecular weight is 335 g/mol. The highest BCUT2D eigenvalue weighted by Crippen LogP contribution is 2.24.